The normalized spacial score (nSPS) is 17.9. The van der Waals surface area contributed by atoms with E-state index < -0.39 is 0 Å². The van der Waals surface area contributed by atoms with Gasteiger partial charge in [0.15, 0.2) is 0 Å². The summed E-state index contributed by atoms with van der Waals surface area (Å²) in [6.07, 6.45) is 4.10. The molecule has 0 amide bonds. The second-order valence-electron chi connectivity index (χ2n) is 2.96. The summed E-state index contributed by atoms with van der Waals surface area (Å²) < 4.78 is 2.29. The predicted octanol–water partition coefficient (Wildman–Crippen LogP) is 4.12. The first-order valence-corrected chi connectivity index (χ1v) is 5.94. The second-order valence-corrected chi connectivity index (χ2v) is 4.66. The van der Waals surface area contributed by atoms with E-state index in [1.54, 1.807) is 0 Å². The smallest absolute Gasteiger partial charge is 0.0588 e. The maximum absolute atomic E-state index is 4.09. The highest BCUT2D eigenvalue weighted by molar-refractivity contribution is 9.12. The fourth-order valence-electron chi connectivity index (χ4n) is 0.972. The average Bonchev–Trinajstić information content (AvgIpc) is 2.67. The van der Waals surface area contributed by atoms with Crippen molar-refractivity contribution in [2.75, 3.05) is 13.1 Å². The Balaban J connectivity index is 0.000000245. The summed E-state index contributed by atoms with van der Waals surface area (Å²) in [6.45, 7) is 5.69. The highest BCUT2D eigenvalue weighted by atomic mass is 79.9. The molecule has 2 rings (SSSR count). The Bertz CT molecular complexity index is 272. The first-order chi connectivity index (χ1) is 6.61. The van der Waals surface area contributed by atoms with Crippen LogP contribution in [0.2, 0.25) is 0 Å². The lowest BCUT2D eigenvalue weighted by atomic mass is 10.4. The van der Waals surface area contributed by atoms with E-state index >= 15 is 0 Å². The molecule has 0 aromatic carbocycles. The summed E-state index contributed by atoms with van der Waals surface area (Å²) in [6, 6.07) is 0. The number of allylic oxidation sites excluding steroid dienone is 2. The molecule has 0 spiro atoms. The minimum absolute atomic E-state index is 0. The van der Waals surface area contributed by atoms with Crippen molar-refractivity contribution in [1.29, 1.82) is 0 Å². The molecule has 4 heteroatoms. The van der Waals surface area contributed by atoms with Gasteiger partial charge in [0.1, 0.15) is 0 Å². The Kier molecular flexibility index (Phi) is 7.02. The Hall–Kier alpha value is -0.220. The van der Waals surface area contributed by atoms with Crippen molar-refractivity contribution in [2.24, 2.45) is 9.98 Å². The summed E-state index contributed by atoms with van der Waals surface area (Å²) in [5, 5.41) is 0. The lowest BCUT2D eigenvalue weighted by molar-refractivity contribution is 1.28. The maximum Gasteiger partial charge on any atom is 0.0588 e. The van der Waals surface area contributed by atoms with Gasteiger partial charge in [0, 0.05) is 20.4 Å². The molecule has 0 radical (unpaired) electrons. The van der Waals surface area contributed by atoms with Gasteiger partial charge in [0.25, 0.3) is 0 Å². The SMILES string of the molecule is C.CC1=NCC=C1Br.CC1=NCC=C1Br. The van der Waals surface area contributed by atoms with Crippen molar-refractivity contribution >= 4 is 43.3 Å². The molecule has 0 N–H and O–H groups in total. The Morgan fingerprint density at radius 1 is 0.933 bits per heavy atom. The van der Waals surface area contributed by atoms with Gasteiger partial charge in [-0.05, 0) is 57.9 Å². The summed E-state index contributed by atoms with van der Waals surface area (Å²) in [7, 11) is 0. The van der Waals surface area contributed by atoms with Crippen LogP contribution >= 0.6 is 31.9 Å². The fourth-order valence-corrected chi connectivity index (χ4v) is 1.51. The predicted molar refractivity (Wildman–Crippen MR) is 76.7 cm³/mol. The van der Waals surface area contributed by atoms with E-state index in [0.717, 1.165) is 33.5 Å². The Morgan fingerprint density at radius 2 is 1.27 bits per heavy atom. The molecule has 0 aromatic rings. The standard InChI is InChI=1S/2C5H6BrN.CH4/c2*1-4-5(6)2-3-7-4;/h2*2H,3H2,1H3;1H4. The van der Waals surface area contributed by atoms with Gasteiger partial charge >= 0.3 is 0 Å². The third-order valence-electron chi connectivity index (χ3n) is 1.89. The third-order valence-corrected chi connectivity index (χ3v) is 3.68. The van der Waals surface area contributed by atoms with Gasteiger partial charge in [-0.1, -0.05) is 7.43 Å². The summed E-state index contributed by atoms with van der Waals surface area (Å²) >= 11 is 6.67. The van der Waals surface area contributed by atoms with Crippen molar-refractivity contribution < 1.29 is 0 Å². The largest absolute Gasteiger partial charge is 0.285 e. The van der Waals surface area contributed by atoms with Gasteiger partial charge in [-0.25, -0.2) is 0 Å². The summed E-state index contributed by atoms with van der Waals surface area (Å²) in [5.41, 5.74) is 2.22. The zero-order chi connectivity index (χ0) is 10.6. The first kappa shape index (κ1) is 14.8. The molecule has 15 heavy (non-hydrogen) atoms. The number of halogens is 2. The van der Waals surface area contributed by atoms with Gasteiger partial charge in [-0.2, -0.15) is 0 Å². The van der Waals surface area contributed by atoms with E-state index in [9.17, 15) is 0 Å². The molecule has 2 nitrogen and oxygen atoms in total. The zero-order valence-corrected chi connectivity index (χ0v) is 11.4. The monoisotopic (exact) mass is 334 g/mol. The molecule has 2 aliphatic heterocycles. The van der Waals surface area contributed by atoms with Crippen molar-refractivity contribution in [2.45, 2.75) is 21.3 Å². The summed E-state index contributed by atoms with van der Waals surface area (Å²) in [5.74, 6) is 0. The first-order valence-electron chi connectivity index (χ1n) is 4.35. The molecule has 2 aliphatic rings. The molecule has 0 fully saturated rings. The van der Waals surface area contributed by atoms with Gasteiger partial charge in [-0.3, -0.25) is 9.98 Å². The van der Waals surface area contributed by atoms with Gasteiger partial charge in [0.05, 0.1) is 13.1 Å². The van der Waals surface area contributed by atoms with Crippen LogP contribution in [0.25, 0.3) is 0 Å². The molecule has 84 valence electrons. The molecule has 0 saturated carbocycles. The van der Waals surface area contributed by atoms with Crippen LogP contribution in [-0.4, -0.2) is 24.5 Å². The van der Waals surface area contributed by atoms with Crippen molar-refractivity contribution in [3.05, 3.63) is 21.1 Å². The minimum Gasteiger partial charge on any atom is -0.285 e. The Morgan fingerprint density at radius 3 is 1.33 bits per heavy atom. The average molecular weight is 336 g/mol. The van der Waals surface area contributed by atoms with Crippen molar-refractivity contribution in [1.82, 2.24) is 0 Å². The zero-order valence-electron chi connectivity index (χ0n) is 8.22. The van der Waals surface area contributed by atoms with E-state index in [2.05, 4.69) is 54.0 Å². The number of rotatable bonds is 0. The summed E-state index contributed by atoms with van der Waals surface area (Å²) in [4.78, 5) is 8.19. The lowest BCUT2D eigenvalue weighted by Gasteiger charge is -1.82. The van der Waals surface area contributed by atoms with Crippen LogP contribution in [0.4, 0.5) is 0 Å². The molecular weight excluding hydrogens is 320 g/mol. The fraction of sp³-hybridized carbons (Fsp3) is 0.455. The highest BCUT2D eigenvalue weighted by Gasteiger charge is 2.00. The van der Waals surface area contributed by atoms with E-state index in [0.29, 0.717) is 0 Å². The molecular formula is C11H16Br2N2. The van der Waals surface area contributed by atoms with Crippen LogP contribution in [0.15, 0.2) is 31.1 Å². The van der Waals surface area contributed by atoms with E-state index in [1.165, 1.54) is 0 Å². The highest BCUT2D eigenvalue weighted by Crippen LogP contribution is 2.12. The van der Waals surface area contributed by atoms with E-state index in [4.69, 9.17) is 0 Å². The third kappa shape index (κ3) is 4.89. The van der Waals surface area contributed by atoms with Gasteiger partial charge in [-0.15, -0.1) is 0 Å². The molecule has 2 heterocycles. The van der Waals surface area contributed by atoms with Crippen molar-refractivity contribution in [3.8, 4) is 0 Å². The molecule has 0 bridgehead atoms. The molecule has 0 aliphatic carbocycles. The lowest BCUT2D eigenvalue weighted by Crippen LogP contribution is -1.81. The molecule has 0 atom stereocenters. The molecule has 0 aromatic heterocycles. The topological polar surface area (TPSA) is 24.7 Å². The number of hydrogen-bond donors (Lipinski definition) is 0. The minimum atomic E-state index is 0. The number of nitrogens with zero attached hydrogens (tertiary/aromatic N) is 2. The number of aliphatic imine (C=N–C) groups is 2. The van der Waals surface area contributed by atoms with Crippen LogP contribution in [0.3, 0.4) is 0 Å². The van der Waals surface area contributed by atoms with Crippen molar-refractivity contribution in [3.63, 3.8) is 0 Å². The van der Waals surface area contributed by atoms with Crippen LogP contribution in [0.1, 0.15) is 21.3 Å². The quantitative estimate of drug-likeness (QED) is 0.636. The van der Waals surface area contributed by atoms with E-state index in [1.807, 2.05) is 13.8 Å². The second kappa shape index (κ2) is 7.12. The van der Waals surface area contributed by atoms with Gasteiger partial charge < -0.3 is 0 Å². The van der Waals surface area contributed by atoms with Gasteiger partial charge in [0.2, 0.25) is 0 Å². The Labute approximate surface area is 109 Å². The van der Waals surface area contributed by atoms with E-state index in [-0.39, 0.29) is 7.43 Å². The molecule has 0 unspecified atom stereocenters. The maximum atomic E-state index is 4.09. The van der Waals surface area contributed by atoms with Crippen LogP contribution in [0.5, 0.6) is 0 Å². The van der Waals surface area contributed by atoms with Crippen LogP contribution in [-0.2, 0) is 0 Å². The molecule has 0 saturated heterocycles. The number of hydrogen-bond acceptors (Lipinski definition) is 2. The van der Waals surface area contributed by atoms with Crippen LogP contribution < -0.4 is 0 Å². The van der Waals surface area contributed by atoms with Crippen LogP contribution in [0, 0.1) is 0 Å².